The van der Waals surface area contributed by atoms with Crippen molar-refractivity contribution in [1.82, 2.24) is 9.97 Å². The largest absolute Gasteiger partial charge is 0.437 e. The highest BCUT2D eigenvalue weighted by Crippen LogP contribution is 2.29. The van der Waals surface area contributed by atoms with Crippen LogP contribution in [0.3, 0.4) is 0 Å². The third-order valence-electron chi connectivity index (χ3n) is 2.80. The third kappa shape index (κ3) is 2.76. The van der Waals surface area contributed by atoms with Gasteiger partial charge in [0.1, 0.15) is 5.75 Å². The summed E-state index contributed by atoms with van der Waals surface area (Å²) in [6, 6.07) is 11.7. The van der Waals surface area contributed by atoms with E-state index in [1.165, 1.54) is 0 Å². The smallest absolute Gasteiger partial charge is 0.223 e. The first-order chi connectivity index (χ1) is 9.76. The van der Waals surface area contributed by atoms with Crippen LogP contribution in [0.25, 0.3) is 10.9 Å². The molecule has 0 amide bonds. The van der Waals surface area contributed by atoms with E-state index in [-0.39, 0.29) is 0 Å². The van der Waals surface area contributed by atoms with Gasteiger partial charge in [-0.1, -0.05) is 45.7 Å². The number of fused-ring (bicyclic) bond motifs is 1. The molecule has 3 rings (SSSR count). The van der Waals surface area contributed by atoms with E-state index in [0.717, 1.165) is 16.5 Å². The van der Waals surface area contributed by atoms with Crippen molar-refractivity contribution in [2.45, 2.75) is 5.33 Å². The van der Waals surface area contributed by atoms with Gasteiger partial charge in [0.2, 0.25) is 5.88 Å². The number of hydrogen-bond acceptors (Lipinski definition) is 3. The Bertz CT molecular complexity index is 764. The molecule has 0 radical (unpaired) electrons. The molecular formula is C15H10BrClN2O. The van der Waals surface area contributed by atoms with Crippen molar-refractivity contribution in [2.75, 3.05) is 0 Å². The molecule has 0 spiro atoms. The molecule has 3 aromatic rings. The fourth-order valence-corrected chi connectivity index (χ4v) is 2.45. The predicted octanol–water partition coefficient (Wildman–Crippen LogP) is 4.97. The zero-order valence-electron chi connectivity index (χ0n) is 10.4. The van der Waals surface area contributed by atoms with Gasteiger partial charge in [0.25, 0.3) is 0 Å². The first-order valence-corrected chi connectivity index (χ1v) is 7.49. The van der Waals surface area contributed by atoms with Crippen molar-refractivity contribution in [2.24, 2.45) is 0 Å². The first kappa shape index (κ1) is 13.3. The highest BCUT2D eigenvalue weighted by Gasteiger charge is 2.09. The maximum atomic E-state index is 5.91. The minimum Gasteiger partial charge on any atom is -0.437 e. The van der Waals surface area contributed by atoms with Gasteiger partial charge >= 0.3 is 0 Å². The number of halogens is 2. The number of rotatable bonds is 3. The number of ether oxygens (including phenoxy) is 1. The van der Waals surface area contributed by atoms with E-state index in [2.05, 4.69) is 32.0 Å². The van der Waals surface area contributed by atoms with Crippen molar-refractivity contribution < 1.29 is 4.74 Å². The molecular weight excluding hydrogens is 340 g/mol. The lowest BCUT2D eigenvalue weighted by atomic mass is 10.2. The summed E-state index contributed by atoms with van der Waals surface area (Å²) in [5.41, 5.74) is 1.87. The van der Waals surface area contributed by atoms with Gasteiger partial charge in [-0.3, -0.25) is 4.98 Å². The molecule has 0 saturated heterocycles. The predicted molar refractivity (Wildman–Crippen MR) is 83.7 cm³/mol. The maximum Gasteiger partial charge on any atom is 0.223 e. The molecule has 0 fully saturated rings. The van der Waals surface area contributed by atoms with Crippen LogP contribution in [0.5, 0.6) is 11.6 Å². The third-order valence-corrected chi connectivity index (χ3v) is 3.61. The van der Waals surface area contributed by atoms with E-state index in [9.17, 15) is 0 Å². The number of alkyl halides is 1. The van der Waals surface area contributed by atoms with Crippen LogP contribution in [0.15, 0.2) is 48.8 Å². The summed E-state index contributed by atoms with van der Waals surface area (Å²) in [7, 11) is 0. The van der Waals surface area contributed by atoms with Gasteiger partial charge in [0.05, 0.1) is 16.7 Å². The summed E-state index contributed by atoms with van der Waals surface area (Å²) >= 11 is 9.37. The summed E-state index contributed by atoms with van der Waals surface area (Å²) in [6.45, 7) is 0. The Kier molecular flexibility index (Phi) is 3.85. The second-order valence-electron chi connectivity index (χ2n) is 4.22. The lowest BCUT2D eigenvalue weighted by Crippen LogP contribution is -1.94. The van der Waals surface area contributed by atoms with E-state index < -0.39 is 0 Å². The molecule has 0 saturated carbocycles. The molecule has 2 aromatic heterocycles. The van der Waals surface area contributed by atoms with E-state index in [1.807, 2.05) is 24.3 Å². The van der Waals surface area contributed by atoms with Crippen molar-refractivity contribution in [1.29, 1.82) is 0 Å². The van der Waals surface area contributed by atoms with Crippen LogP contribution in [0, 0.1) is 0 Å². The zero-order chi connectivity index (χ0) is 13.9. The minimum atomic E-state index is 0.531. The van der Waals surface area contributed by atoms with Gasteiger partial charge in [-0.15, -0.1) is 0 Å². The monoisotopic (exact) mass is 348 g/mol. The normalized spacial score (nSPS) is 10.7. The first-order valence-electron chi connectivity index (χ1n) is 5.99. The second kappa shape index (κ2) is 5.77. The molecule has 0 aliphatic carbocycles. The summed E-state index contributed by atoms with van der Waals surface area (Å²) in [5.74, 6) is 1.13. The molecule has 0 bridgehead atoms. The zero-order valence-corrected chi connectivity index (χ0v) is 12.7. The van der Waals surface area contributed by atoms with Crippen LogP contribution in [-0.2, 0) is 5.33 Å². The number of aromatic nitrogens is 2. The lowest BCUT2D eigenvalue weighted by molar-refractivity contribution is 0.459. The summed E-state index contributed by atoms with van der Waals surface area (Å²) in [5, 5.41) is 2.27. The van der Waals surface area contributed by atoms with Gasteiger partial charge in [0.15, 0.2) is 0 Å². The van der Waals surface area contributed by atoms with Crippen LogP contribution >= 0.6 is 27.5 Å². The molecule has 20 heavy (non-hydrogen) atoms. The van der Waals surface area contributed by atoms with E-state index in [0.29, 0.717) is 22.0 Å². The fourth-order valence-electron chi connectivity index (χ4n) is 1.89. The quantitative estimate of drug-likeness (QED) is 0.626. The van der Waals surface area contributed by atoms with Gasteiger partial charge in [-0.2, -0.15) is 0 Å². The van der Waals surface area contributed by atoms with E-state index in [1.54, 1.807) is 18.5 Å². The molecule has 100 valence electrons. The highest BCUT2D eigenvalue weighted by molar-refractivity contribution is 9.08. The van der Waals surface area contributed by atoms with Gasteiger partial charge in [-0.25, -0.2) is 4.98 Å². The number of para-hydroxylation sites is 1. The molecule has 0 aliphatic heterocycles. The molecule has 0 atom stereocenters. The van der Waals surface area contributed by atoms with Crippen LogP contribution in [0.2, 0.25) is 5.02 Å². The average molecular weight is 350 g/mol. The molecule has 0 aliphatic rings. The fraction of sp³-hybridized carbons (Fsp3) is 0.0667. The topological polar surface area (TPSA) is 35.0 Å². The van der Waals surface area contributed by atoms with Crippen LogP contribution in [0.4, 0.5) is 0 Å². The number of benzene rings is 1. The van der Waals surface area contributed by atoms with Crippen LogP contribution in [-0.4, -0.2) is 9.97 Å². The molecule has 2 heterocycles. The number of hydrogen-bond donors (Lipinski definition) is 0. The van der Waals surface area contributed by atoms with Crippen molar-refractivity contribution in [3.8, 4) is 11.6 Å². The van der Waals surface area contributed by atoms with Crippen LogP contribution in [0.1, 0.15) is 5.56 Å². The van der Waals surface area contributed by atoms with Crippen LogP contribution < -0.4 is 4.74 Å². The molecule has 3 nitrogen and oxygen atoms in total. The number of pyridine rings is 2. The highest BCUT2D eigenvalue weighted by atomic mass is 79.9. The van der Waals surface area contributed by atoms with E-state index >= 15 is 0 Å². The van der Waals surface area contributed by atoms with Crippen molar-refractivity contribution in [3.63, 3.8) is 0 Å². The Morgan fingerprint density at radius 3 is 2.80 bits per heavy atom. The standard InChI is InChI=1S/C15H10BrClN2O/c16-7-11-5-10-3-1-2-4-14(10)19-15(11)20-13-6-12(17)8-18-9-13/h1-6,8-9H,7H2. The molecule has 1 aromatic carbocycles. The maximum absolute atomic E-state index is 5.91. The van der Waals surface area contributed by atoms with Crippen molar-refractivity contribution >= 4 is 38.4 Å². The molecule has 0 N–H and O–H groups in total. The van der Waals surface area contributed by atoms with Gasteiger partial charge < -0.3 is 4.74 Å². The second-order valence-corrected chi connectivity index (χ2v) is 5.22. The molecule has 0 unspecified atom stereocenters. The summed E-state index contributed by atoms with van der Waals surface area (Å²) in [4.78, 5) is 8.55. The van der Waals surface area contributed by atoms with Gasteiger partial charge in [0, 0.05) is 28.5 Å². The molecule has 5 heteroatoms. The Morgan fingerprint density at radius 2 is 2.00 bits per heavy atom. The Balaban J connectivity index is 2.05. The number of nitrogens with zero attached hydrogens (tertiary/aromatic N) is 2. The average Bonchev–Trinajstić information content (AvgIpc) is 2.46. The Labute approximate surface area is 129 Å². The lowest BCUT2D eigenvalue weighted by Gasteiger charge is -2.10. The van der Waals surface area contributed by atoms with Gasteiger partial charge in [-0.05, 0) is 12.1 Å². The SMILES string of the molecule is Clc1cncc(Oc2nc3ccccc3cc2CBr)c1. The Morgan fingerprint density at radius 1 is 1.15 bits per heavy atom. The Hall–Kier alpha value is -1.65. The minimum absolute atomic E-state index is 0.531. The van der Waals surface area contributed by atoms with E-state index in [4.69, 9.17) is 16.3 Å². The van der Waals surface area contributed by atoms with Crippen molar-refractivity contribution in [3.05, 3.63) is 59.4 Å². The summed E-state index contributed by atoms with van der Waals surface area (Å²) < 4.78 is 5.80. The summed E-state index contributed by atoms with van der Waals surface area (Å²) in [6.07, 6.45) is 3.17.